The van der Waals surface area contributed by atoms with Crippen LogP contribution in [0.5, 0.6) is 5.75 Å². The van der Waals surface area contributed by atoms with E-state index in [-0.39, 0.29) is 17.3 Å². The van der Waals surface area contributed by atoms with Gasteiger partial charge in [-0.25, -0.2) is 8.42 Å². The Labute approximate surface area is 202 Å². The normalized spacial score (nSPS) is 11.2. The van der Waals surface area contributed by atoms with Crippen LogP contribution in [0, 0.1) is 20.8 Å². The molecule has 0 aliphatic carbocycles. The molecule has 0 radical (unpaired) electrons. The molecule has 3 aromatic rings. The number of anilines is 1. The van der Waals surface area contributed by atoms with E-state index in [2.05, 4.69) is 5.32 Å². The van der Waals surface area contributed by atoms with Gasteiger partial charge in [-0.15, -0.1) is 0 Å². The van der Waals surface area contributed by atoms with Crippen molar-refractivity contribution in [3.63, 3.8) is 0 Å². The van der Waals surface area contributed by atoms with Gasteiger partial charge in [-0.3, -0.25) is 9.10 Å². The van der Waals surface area contributed by atoms with Crippen LogP contribution in [0.4, 0.5) is 5.69 Å². The zero-order chi connectivity index (χ0) is 24.7. The number of ether oxygens (including phenoxy) is 1. The van der Waals surface area contributed by atoms with E-state index in [1.165, 1.54) is 4.31 Å². The van der Waals surface area contributed by atoms with Crippen LogP contribution in [0.15, 0.2) is 71.6 Å². The topological polar surface area (TPSA) is 75.7 Å². The standard InChI is InChI=1S/C27H32N2O4S/c1-20-7-15-26(16-8-20)34(31,32)29(24-12-9-21(2)22(3)18-24)19-27(30)28-17-5-6-23-10-13-25(33-4)14-11-23/h7-16,18H,5-6,17,19H2,1-4H3,(H,28,30). The second-order valence-electron chi connectivity index (χ2n) is 8.39. The lowest BCUT2D eigenvalue weighted by atomic mass is 10.1. The number of nitrogens with one attached hydrogen (secondary N) is 1. The number of benzene rings is 3. The highest BCUT2D eigenvalue weighted by molar-refractivity contribution is 7.92. The van der Waals surface area contributed by atoms with Gasteiger partial charge in [-0.2, -0.15) is 0 Å². The first kappa shape index (κ1) is 25.3. The fourth-order valence-corrected chi connectivity index (χ4v) is 4.94. The molecule has 7 heteroatoms. The smallest absolute Gasteiger partial charge is 0.264 e. The number of nitrogens with zero attached hydrogens (tertiary/aromatic N) is 1. The molecule has 0 aromatic heterocycles. The Morgan fingerprint density at radius 3 is 2.21 bits per heavy atom. The van der Waals surface area contributed by atoms with E-state index < -0.39 is 10.0 Å². The van der Waals surface area contributed by atoms with Crippen LogP contribution < -0.4 is 14.4 Å². The molecule has 1 N–H and O–H groups in total. The van der Waals surface area contributed by atoms with Crippen LogP contribution in [0.25, 0.3) is 0 Å². The summed E-state index contributed by atoms with van der Waals surface area (Å²) in [6, 6.07) is 19.9. The molecule has 0 spiro atoms. The zero-order valence-electron chi connectivity index (χ0n) is 20.2. The maximum Gasteiger partial charge on any atom is 0.264 e. The van der Waals surface area contributed by atoms with Gasteiger partial charge >= 0.3 is 0 Å². The Kier molecular flexibility index (Phi) is 8.34. The van der Waals surface area contributed by atoms with Crippen molar-refractivity contribution in [2.24, 2.45) is 0 Å². The van der Waals surface area contributed by atoms with Crippen molar-refractivity contribution in [1.82, 2.24) is 5.32 Å². The maximum absolute atomic E-state index is 13.5. The summed E-state index contributed by atoms with van der Waals surface area (Å²) in [7, 11) is -2.29. The molecule has 3 aromatic carbocycles. The van der Waals surface area contributed by atoms with Gasteiger partial charge in [-0.05, 0) is 86.7 Å². The molecule has 0 bridgehead atoms. The average Bonchev–Trinajstić information content (AvgIpc) is 2.82. The van der Waals surface area contributed by atoms with Gasteiger partial charge in [0.15, 0.2) is 0 Å². The predicted molar refractivity (Wildman–Crippen MR) is 136 cm³/mol. The number of carbonyl (C=O) groups is 1. The van der Waals surface area contributed by atoms with E-state index in [1.54, 1.807) is 43.5 Å². The van der Waals surface area contributed by atoms with Gasteiger partial charge in [-0.1, -0.05) is 35.9 Å². The van der Waals surface area contributed by atoms with E-state index in [1.807, 2.05) is 51.1 Å². The van der Waals surface area contributed by atoms with E-state index in [0.717, 1.165) is 40.8 Å². The van der Waals surface area contributed by atoms with Crippen molar-refractivity contribution in [3.8, 4) is 5.75 Å². The number of hydrogen-bond acceptors (Lipinski definition) is 4. The van der Waals surface area contributed by atoms with E-state index >= 15 is 0 Å². The highest BCUT2D eigenvalue weighted by atomic mass is 32.2. The van der Waals surface area contributed by atoms with Gasteiger partial charge in [0.1, 0.15) is 12.3 Å². The number of amides is 1. The molecule has 1 amide bonds. The second-order valence-corrected chi connectivity index (χ2v) is 10.3. The molecule has 0 unspecified atom stereocenters. The lowest BCUT2D eigenvalue weighted by Crippen LogP contribution is -2.41. The number of hydrogen-bond donors (Lipinski definition) is 1. The minimum Gasteiger partial charge on any atom is -0.497 e. The average molecular weight is 481 g/mol. The van der Waals surface area contributed by atoms with Crippen LogP contribution in [0.2, 0.25) is 0 Å². The highest BCUT2D eigenvalue weighted by Crippen LogP contribution is 2.26. The van der Waals surface area contributed by atoms with E-state index in [4.69, 9.17) is 4.74 Å². The summed E-state index contributed by atoms with van der Waals surface area (Å²) in [5.74, 6) is 0.460. The first-order valence-corrected chi connectivity index (χ1v) is 12.7. The molecule has 0 heterocycles. The quantitative estimate of drug-likeness (QED) is 0.432. The number of carbonyl (C=O) groups excluding carboxylic acids is 1. The van der Waals surface area contributed by atoms with Crippen LogP contribution in [0.1, 0.15) is 28.7 Å². The first-order valence-electron chi connectivity index (χ1n) is 11.3. The van der Waals surface area contributed by atoms with Gasteiger partial charge < -0.3 is 10.1 Å². The Morgan fingerprint density at radius 2 is 1.59 bits per heavy atom. The zero-order valence-corrected chi connectivity index (χ0v) is 21.0. The van der Waals surface area contributed by atoms with Gasteiger partial charge in [0.2, 0.25) is 5.91 Å². The number of aryl methyl sites for hydroxylation is 4. The molecule has 0 saturated carbocycles. The van der Waals surface area contributed by atoms with E-state index in [9.17, 15) is 13.2 Å². The summed E-state index contributed by atoms with van der Waals surface area (Å²) in [6.07, 6.45) is 1.54. The minimum atomic E-state index is -3.92. The number of sulfonamides is 1. The summed E-state index contributed by atoms with van der Waals surface area (Å²) >= 11 is 0. The SMILES string of the molecule is COc1ccc(CCCNC(=O)CN(c2ccc(C)c(C)c2)S(=O)(=O)c2ccc(C)cc2)cc1. The van der Waals surface area contributed by atoms with Gasteiger partial charge in [0, 0.05) is 6.54 Å². The molecular weight excluding hydrogens is 448 g/mol. The molecule has 34 heavy (non-hydrogen) atoms. The van der Waals surface area contributed by atoms with Crippen LogP contribution in [-0.2, 0) is 21.2 Å². The van der Waals surface area contributed by atoms with Gasteiger partial charge in [0.25, 0.3) is 10.0 Å². The summed E-state index contributed by atoms with van der Waals surface area (Å²) in [5, 5.41) is 2.86. The second kappa shape index (κ2) is 11.2. The predicted octanol–water partition coefficient (Wildman–Crippen LogP) is 4.56. The Morgan fingerprint density at radius 1 is 0.912 bits per heavy atom. The third-order valence-corrected chi connectivity index (χ3v) is 7.59. The lowest BCUT2D eigenvalue weighted by Gasteiger charge is -2.25. The van der Waals surface area contributed by atoms with E-state index in [0.29, 0.717) is 12.2 Å². The van der Waals surface area contributed by atoms with Crippen LogP contribution in [0.3, 0.4) is 0 Å². The molecular formula is C27H32N2O4S. The summed E-state index contributed by atoms with van der Waals surface area (Å²) < 4.78 is 33.3. The monoisotopic (exact) mass is 480 g/mol. The summed E-state index contributed by atoms with van der Waals surface area (Å²) in [6.45, 7) is 5.95. The molecule has 0 aliphatic heterocycles. The highest BCUT2D eigenvalue weighted by Gasteiger charge is 2.27. The molecule has 0 atom stereocenters. The fraction of sp³-hybridized carbons (Fsp3) is 0.296. The Bertz CT molecular complexity index is 1220. The summed E-state index contributed by atoms with van der Waals surface area (Å²) in [5.41, 5.74) is 4.60. The Hall–Kier alpha value is -3.32. The molecule has 0 fully saturated rings. The maximum atomic E-state index is 13.5. The van der Waals surface area contributed by atoms with Crippen molar-refractivity contribution >= 4 is 21.6 Å². The number of rotatable bonds is 10. The third-order valence-electron chi connectivity index (χ3n) is 5.80. The first-order chi connectivity index (χ1) is 16.2. The third kappa shape index (κ3) is 6.38. The van der Waals surface area contributed by atoms with Crippen molar-refractivity contribution < 1.29 is 17.9 Å². The fourth-order valence-electron chi connectivity index (χ4n) is 3.53. The van der Waals surface area contributed by atoms with Crippen molar-refractivity contribution in [1.29, 1.82) is 0 Å². The van der Waals surface area contributed by atoms with Crippen molar-refractivity contribution in [3.05, 3.63) is 89.0 Å². The minimum absolute atomic E-state index is 0.156. The van der Waals surface area contributed by atoms with Gasteiger partial charge in [0.05, 0.1) is 17.7 Å². The van der Waals surface area contributed by atoms with Crippen LogP contribution >= 0.6 is 0 Å². The lowest BCUT2D eigenvalue weighted by molar-refractivity contribution is -0.119. The molecule has 3 rings (SSSR count). The van der Waals surface area contributed by atoms with Crippen molar-refractivity contribution in [2.75, 3.05) is 24.5 Å². The van der Waals surface area contributed by atoms with Crippen molar-refractivity contribution in [2.45, 2.75) is 38.5 Å². The van der Waals surface area contributed by atoms with Crippen LogP contribution in [-0.4, -0.2) is 34.5 Å². The molecule has 0 saturated heterocycles. The molecule has 180 valence electrons. The summed E-state index contributed by atoms with van der Waals surface area (Å²) in [4.78, 5) is 12.9. The number of methoxy groups -OCH3 is 1. The largest absolute Gasteiger partial charge is 0.497 e. The molecule has 0 aliphatic rings. The molecule has 6 nitrogen and oxygen atoms in total. The Balaban J connectivity index is 1.71.